The SMILES string of the molecule is N[C@H]1CC[C@H](C(=O)Nc2nc(C3CC3)cs2)C1. The number of anilines is 1. The van der Waals surface area contributed by atoms with Crippen LogP contribution in [0.25, 0.3) is 0 Å². The fourth-order valence-electron chi connectivity index (χ4n) is 2.37. The van der Waals surface area contributed by atoms with Gasteiger partial charge in [-0.2, -0.15) is 0 Å². The lowest BCUT2D eigenvalue weighted by Gasteiger charge is -2.08. The molecule has 5 heteroatoms. The Morgan fingerprint density at radius 1 is 1.41 bits per heavy atom. The van der Waals surface area contributed by atoms with Crippen LogP contribution in [0.2, 0.25) is 0 Å². The maximum atomic E-state index is 12.0. The van der Waals surface area contributed by atoms with Crippen molar-refractivity contribution in [3.8, 4) is 0 Å². The number of rotatable bonds is 3. The molecule has 1 aromatic heterocycles. The van der Waals surface area contributed by atoms with Crippen molar-refractivity contribution < 1.29 is 4.79 Å². The predicted molar refractivity (Wildman–Crippen MR) is 68.0 cm³/mol. The number of thiazole rings is 1. The molecule has 2 aliphatic rings. The lowest BCUT2D eigenvalue weighted by Crippen LogP contribution is -2.23. The number of amides is 1. The average Bonchev–Trinajstić information content (AvgIpc) is 2.90. The summed E-state index contributed by atoms with van der Waals surface area (Å²) in [5, 5.41) is 5.73. The van der Waals surface area contributed by atoms with E-state index < -0.39 is 0 Å². The van der Waals surface area contributed by atoms with Crippen LogP contribution in [0.15, 0.2) is 5.38 Å². The largest absolute Gasteiger partial charge is 0.328 e. The van der Waals surface area contributed by atoms with Crippen molar-refractivity contribution >= 4 is 22.4 Å². The number of carbonyl (C=O) groups is 1. The van der Waals surface area contributed by atoms with Crippen LogP contribution < -0.4 is 11.1 Å². The number of hydrogen-bond donors (Lipinski definition) is 2. The highest BCUT2D eigenvalue weighted by Gasteiger charge is 2.29. The lowest BCUT2D eigenvalue weighted by molar-refractivity contribution is -0.119. The monoisotopic (exact) mass is 251 g/mol. The van der Waals surface area contributed by atoms with Gasteiger partial charge in [0.05, 0.1) is 5.69 Å². The normalized spacial score (nSPS) is 28.3. The summed E-state index contributed by atoms with van der Waals surface area (Å²) in [4.78, 5) is 16.4. The van der Waals surface area contributed by atoms with E-state index in [0.717, 1.165) is 30.1 Å². The van der Waals surface area contributed by atoms with Crippen LogP contribution >= 0.6 is 11.3 Å². The summed E-state index contributed by atoms with van der Waals surface area (Å²) < 4.78 is 0. The highest BCUT2D eigenvalue weighted by Crippen LogP contribution is 2.41. The first-order chi connectivity index (χ1) is 8.22. The summed E-state index contributed by atoms with van der Waals surface area (Å²) >= 11 is 1.53. The minimum Gasteiger partial charge on any atom is -0.328 e. The van der Waals surface area contributed by atoms with E-state index >= 15 is 0 Å². The molecule has 0 saturated heterocycles. The zero-order valence-electron chi connectivity index (χ0n) is 9.69. The number of carbonyl (C=O) groups excluding carboxylic acids is 1. The third-order valence-electron chi connectivity index (χ3n) is 3.59. The molecule has 1 amide bonds. The Balaban J connectivity index is 1.59. The molecule has 2 saturated carbocycles. The number of aromatic nitrogens is 1. The van der Waals surface area contributed by atoms with E-state index in [2.05, 4.69) is 15.7 Å². The second kappa shape index (κ2) is 4.38. The number of hydrogen-bond acceptors (Lipinski definition) is 4. The molecule has 1 heterocycles. The Bertz CT molecular complexity index is 427. The standard InChI is InChI=1S/C12H17N3OS/c13-9-4-3-8(5-9)11(16)15-12-14-10(6-17-12)7-1-2-7/h6-9H,1-5,13H2,(H,14,15,16)/t8-,9-/m0/s1. The minimum absolute atomic E-state index is 0.0817. The van der Waals surface area contributed by atoms with Gasteiger partial charge in [-0.15, -0.1) is 11.3 Å². The van der Waals surface area contributed by atoms with Crippen LogP contribution in [0.4, 0.5) is 5.13 Å². The van der Waals surface area contributed by atoms with Crippen LogP contribution in [0.3, 0.4) is 0 Å². The van der Waals surface area contributed by atoms with Gasteiger partial charge in [-0.1, -0.05) is 0 Å². The average molecular weight is 251 g/mol. The summed E-state index contributed by atoms with van der Waals surface area (Å²) in [5.41, 5.74) is 6.96. The first kappa shape index (κ1) is 11.2. The molecule has 0 aromatic carbocycles. The van der Waals surface area contributed by atoms with Crippen molar-refractivity contribution in [3.05, 3.63) is 11.1 Å². The molecule has 17 heavy (non-hydrogen) atoms. The van der Waals surface area contributed by atoms with Gasteiger partial charge in [0, 0.05) is 23.3 Å². The number of nitrogens with two attached hydrogens (primary N) is 1. The Morgan fingerprint density at radius 3 is 2.88 bits per heavy atom. The summed E-state index contributed by atoms with van der Waals surface area (Å²) in [6, 6.07) is 0.198. The van der Waals surface area contributed by atoms with E-state index in [9.17, 15) is 4.79 Å². The zero-order valence-corrected chi connectivity index (χ0v) is 10.5. The lowest BCUT2D eigenvalue weighted by atomic mass is 10.1. The van der Waals surface area contributed by atoms with Crippen molar-refractivity contribution in [2.24, 2.45) is 11.7 Å². The van der Waals surface area contributed by atoms with Gasteiger partial charge >= 0.3 is 0 Å². The maximum Gasteiger partial charge on any atom is 0.229 e. The molecule has 0 spiro atoms. The molecule has 2 aliphatic carbocycles. The van der Waals surface area contributed by atoms with Crippen LogP contribution in [0, 0.1) is 5.92 Å². The zero-order chi connectivity index (χ0) is 11.8. The number of nitrogens with one attached hydrogen (secondary N) is 1. The Labute approximate surface area is 105 Å². The molecular formula is C12H17N3OS. The third kappa shape index (κ3) is 2.50. The van der Waals surface area contributed by atoms with E-state index in [-0.39, 0.29) is 17.9 Å². The van der Waals surface area contributed by atoms with Crippen molar-refractivity contribution in [1.82, 2.24) is 4.98 Å². The predicted octanol–water partition coefficient (Wildman–Crippen LogP) is 2.09. The molecule has 0 aliphatic heterocycles. The van der Waals surface area contributed by atoms with Gasteiger partial charge in [0.25, 0.3) is 0 Å². The maximum absolute atomic E-state index is 12.0. The number of nitrogens with zero attached hydrogens (tertiary/aromatic N) is 1. The molecule has 92 valence electrons. The molecule has 3 rings (SSSR count). The fraction of sp³-hybridized carbons (Fsp3) is 0.667. The van der Waals surface area contributed by atoms with Gasteiger partial charge in [0.15, 0.2) is 5.13 Å². The van der Waals surface area contributed by atoms with Crippen molar-refractivity contribution in [3.63, 3.8) is 0 Å². The summed E-state index contributed by atoms with van der Waals surface area (Å²) in [6.07, 6.45) is 5.17. The van der Waals surface area contributed by atoms with Crippen molar-refractivity contribution in [2.45, 2.75) is 44.1 Å². The smallest absolute Gasteiger partial charge is 0.229 e. The molecule has 0 bridgehead atoms. The molecular weight excluding hydrogens is 234 g/mol. The van der Waals surface area contributed by atoms with Crippen LogP contribution in [0.5, 0.6) is 0 Å². The minimum atomic E-state index is 0.0817. The van der Waals surface area contributed by atoms with Crippen LogP contribution in [0.1, 0.15) is 43.7 Å². The molecule has 3 N–H and O–H groups in total. The first-order valence-corrected chi connectivity index (χ1v) is 7.12. The summed E-state index contributed by atoms with van der Waals surface area (Å²) in [6.45, 7) is 0. The second-order valence-corrected chi connectivity index (χ2v) is 5.97. The fourth-order valence-corrected chi connectivity index (χ4v) is 3.17. The molecule has 4 nitrogen and oxygen atoms in total. The third-order valence-corrected chi connectivity index (χ3v) is 4.37. The second-order valence-electron chi connectivity index (χ2n) is 5.11. The molecule has 2 atom stereocenters. The van der Waals surface area contributed by atoms with Gasteiger partial charge in [-0.3, -0.25) is 4.79 Å². The van der Waals surface area contributed by atoms with Gasteiger partial charge in [0.1, 0.15) is 0 Å². The van der Waals surface area contributed by atoms with Gasteiger partial charge in [0.2, 0.25) is 5.91 Å². The Kier molecular flexibility index (Phi) is 2.88. The van der Waals surface area contributed by atoms with Crippen LogP contribution in [-0.4, -0.2) is 16.9 Å². The molecule has 0 radical (unpaired) electrons. The highest BCUT2D eigenvalue weighted by atomic mass is 32.1. The molecule has 1 aromatic rings. The van der Waals surface area contributed by atoms with E-state index in [1.54, 1.807) is 0 Å². The topological polar surface area (TPSA) is 68.0 Å². The Morgan fingerprint density at radius 2 is 2.24 bits per heavy atom. The van der Waals surface area contributed by atoms with Gasteiger partial charge in [-0.25, -0.2) is 4.98 Å². The van der Waals surface area contributed by atoms with Gasteiger partial charge in [-0.05, 0) is 32.1 Å². The Hall–Kier alpha value is -0.940. The van der Waals surface area contributed by atoms with Crippen molar-refractivity contribution in [1.29, 1.82) is 0 Å². The molecule has 2 fully saturated rings. The van der Waals surface area contributed by atoms with Crippen LogP contribution in [-0.2, 0) is 4.79 Å². The van der Waals surface area contributed by atoms with E-state index in [0.29, 0.717) is 5.92 Å². The van der Waals surface area contributed by atoms with Crippen molar-refractivity contribution in [2.75, 3.05) is 5.32 Å². The van der Waals surface area contributed by atoms with E-state index in [1.807, 2.05) is 0 Å². The quantitative estimate of drug-likeness (QED) is 0.864. The summed E-state index contributed by atoms with van der Waals surface area (Å²) in [7, 11) is 0. The summed E-state index contributed by atoms with van der Waals surface area (Å²) in [5.74, 6) is 0.824. The molecule has 0 unspecified atom stereocenters. The highest BCUT2D eigenvalue weighted by molar-refractivity contribution is 7.13. The van der Waals surface area contributed by atoms with E-state index in [4.69, 9.17) is 5.73 Å². The van der Waals surface area contributed by atoms with Gasteiger partial charge < -0.3 is 11.1 Å². The first-order valence-electron chi connectivity index (χ1n) is 6.24. The van der Waals surface area contributed by atoms with E-state index in [1.165, 1.54) is 24.2 Å².